The highest BCUT2D eigenvalue weighted by atomic mass is 32.1. The molecule has 5 rings (SSSR count). The molecule has 1 aromatic heterocycles. The average Bonchev–Trinajstić information content (AvgIpc) is 3.58. The third-order valence-electron chi connectivity index (χ3n) is 7.31. The van der Waals surface area contributed by atoms with Crippen LogP contribution in [0.3, 0.4) is 0 Å². The van der Waals surface area contributed by atoms with Crippen molar-refractivity contribution >= 4 is 40.6 Å². The molecule has 8 heteroatoms. The summed E-state index contributed by atoms with van der Waals surface area (Å²) in [7, 11) is 0. The van der Waals surface area contributed by atoms with Crippen LogP contribution in [0, 0.1) is 0 Å². The van der Waals surface area contributed by atoms with Gasteiger partial charge in [0.15, 0.2) is 5.11 Å². The van der Waals surface area contributed by atoms with Crippen LogP contribution in [0.5, 0.6) is 0 Å². The lowest BCUT2D eigenvalue weighted by Gasteiger charge is -2.35. The molecule has 3 aliphatic rings. The van der Waals surface area contributed by atoms with E-state index in [4.69, 9.17) is 22.2 Å². The smallest absolute Gasteiger partial charge is 0.232 e. The molecule has 34 heavy (non-hydrogen) atoms. The Kier molecular flexibility index (Phi) is 7.33. The van der Waals surface area contributed by atoms with Crippen molar-refractivity contribution in [3.05, 3.63) is 35.9 Å². The third-order valence-corrected chi connectivity index (χ3v) is 7.56. The Hall–Kier alpha value is -2.61. The molecule has 1 atom stereocenters. The van der Waals surface area contributed by atoms with E-state index in [9.17, 15) is 0 Å². The van der Waals surface area contributed by atoms with Crippen LogP contribution in [0.4, 0.5) is 23.3 Å². The second-order valence-electron chi connectivity index (χ2n) is 9.81. The summed E-state index contributed by atoms with van der Waals surface area (Å²) >= 11 is 5.61. The fraction of sp³-hybridized carbons (Fsp3) is 0.577. The number of piperidine rings is 1. The van der Waals surface area contributed by atoms with Gasteiger partial charge in [0.25, 0.3) is 0 Å². The van der Waals surface area contributed by atoms with Crippen molar-refractivity contribution in [1.82, 2.24) is 15.3 Å². The number of aromatic nitrogens is 2. The molecule has 0 radical (unpaired) electrons. The maximum atomic E-state index is 5.61. The molecule has 0 saturated carbocycles. The van der Waals surface area contributed by atoms with Gasteiger partial charge >= 0.3 is 0 Å². The van der Waals surface area contributed by atoms with Gasteiger partial charge < -0.3 is 25.3 Å². The molecule has 3 aliphatic heterocycles. The van der Waals surface area contributed by atoms with Gasteiger partial charge in [-0.1, -0.05) is 12.1 Å². The molecule has 0 bridgehead atoms. The van der Waals surface area contributed by atoms with Crippen LogP contribution in [0.15, 0.2) is 30.3 Å². The van der Waals surface area contributed by atoms with E-state index in [1.165, 1.54) is 69.3 Å². The summed E-state index contributed by atoms with van der Waals surface area (Å²) in [6.07, 6.45) is 8.75. The standard InChI is InChI=1S/C26H37N7S/c1-20-8-2-3-17-33(20)24-18-23(32-15-6-7-16-32)28-25(29-24)30-26(34)27-19-21-9-11-22(12-10-21)31-13-4-5-14-31/h9-12,18,20H,2-8,13-17,19H2,1H3,(H2,27,28,29,30,34)/t20-/m1/s1. The molecular weight excluding hydrogens is 442 g/mol. The molecule has 3 fully saturated rings. The third kappa shape index (κ3) is 5.54. The molecule has 0 unspecified atom stereocenters. The fourth-order valence-electron chi connectivity index (χ4n) is 5.30. The first-order valence-corrected chi connectivity index (χ1v) is 13.4. The van der Waals surface area contributed by atoms with Gasteiger partial charge in [-0.05, 0) is 81.8 Å². The van der Waals surface area contributed by atoms with Crippen LogP contribution in [-0.2, 0) is 6.54 Å². The van der Waals surface area contributed by atoms with E-state index < -0.39 is 0 Å². The Morgan fingerprint density at radius 3 is 2.24 bits per heavy atom. The van der Waals surface area contributed by atoms with Crippen molar-refractivity contribution in [3.8, 4) is 0 Å². The maximum Gasteiger partial charge on any atom is 0.232 e. The van der Waals surface area contributed by atoms with Crippen molar-refractivity contribution in [2.45, 2.75) is 64.5 Å². The van der Waals surface area contributed by atoms with Crippen LogP contribution >= 0.6 is 12.2 Å². The van der Waals surface area contributed by atoms with Crippen molar-refractivity contribution in [3.63, 3.8) is 0 Å². The highest BCUT2D eigenvalue weighted by Crippen LogP contribution is 2.28. The normalized spacial score (nSPS) is 20.6. The van der Waals surface area contributed by atoms with Gasteiger partial charge in [-0.3, -0.25) is 0 Å². The van der Waals surface area contributed by atoms with Gasteiger partial charge in [-0.2, -0.15) is 9.97 Å². The Bertz CT molecular complexity index is 968. The summed E-state index contributed by atoms with van der Waals surface area (Å²) in [5, 5.41) is 7.15. The van der Waals surface area contributed by atoms with Crippen LogP contribution in [0.2, 0.25) is 0 Å². The number of benzene rings is 1. The summed E-state index contributed by atoms with van der Waals surface area (Å²) in [4.78, 5) is 16.9. The van der Waals surface area contributed by atoms with Crippen LogP contribution in [-0.4, -0.2) is 53.8 Å². The molecule has 4 heterocycles. The SMILES string of the molecule is C[C@@H]1CCCCN1c1cc(N2CCCC2)nc(NC(=S)NCc2ccc(N3CCCC3)cc2)n1. The second kappa shape index (κ2) is 10.8. The van der Waals surface area contributed by atoms with Crippen LogP contribution in [0.25, 0.3) is 0 Å². The number of hydrogen-bond acceptors (Lipinski definition) is 6. The fourth-order valence-corrected chi connectivity index (χ4v) is 5.46. The van der Waals surface area contributed by atoms with Crippen LogP contribution in [0.1, 0.15) is 57.4 Å². The first-order chi connectivity index (χ1) is 16.7. The molecule has 7 nitrogen and oxygen atoms in total. The number of rotatable bonds is 6. The molecular formula is C26H37N7S. The molecule has 1 aromatic carbocycles. The van der Waals surface area contributed by atoms with E-state index in [0.29, 0.717) is 23.6 Å². The lowest BCUT2D eigenvalue weighted by Crippen LogP contribution is -2.38. The molecule has 3 saturated heterocycles. The van der Waals surface area contributed by atoms with Gasteiger partial charge in [-0.25, -0.2) is 0 Å². The van der Waals surface area contributed by atoms with Gasteiger partial charge in [-0.15, -0.1) is 0 Å². The quantitative estimate of drug-likeness (QED) is 0.586. The number of anilines is 4. The van der Waals surface area contributed by atoms with E-state index >= 15 is 0 Å². The molecule has 0 aliphatic carbocycles. The molecule has 0 amide bonds. The van der Waals surface area contributed by atoms with Gasteiger partial charge in [0.2, 0.25) is 5.95 Å². The van der Waals surface area contributed by atoms with Crippen molar-refractivity contribution in [1.29, 1.82) is 0 Å². The van der Waals surface area contributed by atoms with E-state index in [-0.39, 0.29) is 0 Å². The van der Waals surface area contributed by atoms with Crippen molar-refractivity contribution in [2.75, 3.05) is 52.7 Å². The first-order valence-electron chi connectivity index (χ1n) is 13.0. The minimum absolute atomic E-state index is 0.497. The van der Waals surface area contributed by atoms with Crippen molar-refractivity contribution in [2.24, 2.45) is 0 Å². The van der Waals surface area contributed by atoms with Gasteiger partial charge in [0, 0.05) is 57.1 Å². The topological polar surface area (TPSA) is 59.6 Å². The predicted octanol–water partition coefficient (Wildman–Crippen LogP) is 4.54. The minimum atomic E-state index is 0.497. The van der Waals surface area contributed by atoms with Gasteiger partial charge in [0.05, 0.1) is 0 Å². The Labute approximate surface area is 208 Å². The summed E-state index contributed by atoms with van der Waals surface area (Å²) in [5.41, 5.74) is 2.52. The zero-order chi connectivity index (χ0) is 23.3. The Morgan fingerprint density at radius 1 is 0.882 bits per heavy atom. The molecule has 2 aromatic rings. The molecule has 182 valence electrons. The van der Waals surface area contributed by atoms with Crippen molar-refractivity contribution < 1.29 is 0 Å². The van der Waals surface area contributed by atoms with E-state index in [2.05, 4.69) is 62.6 Å². The van der Waals surface area contributed by atoms with E-state index in [1.54, 1.807) is 0 Å². The first kappa shape index (κ1) is 23.1. The molecule has 0 spiro atoms. The number of nitrogens with one attached hydrogen (secondary N) is 2. The largest absolute Gasteiger partial charge is 0.372 e. The number of thiocarbonyl (C=S) groups is 1. The zero-order valence-electron chi connectivity index (χ0n) is 20.3. The van der Waals surface area contributed by atoms with Crippen LogP contribution < -0.4 is 25.3 Å². The summed E-state index contributed by atoms with van der Waals surface area (Å²) < 4.78 is 0. The molecule has 2 N–H and O–H groups in total. The lowest BCUT2D eigenvalue weighted by atomic mass is 10.0. The minimum Gasteiger partial charge on any atom is -0.372 e. The zero-order valence-corrected chi connectivity index (χ0v) is 21.1. The van der Waals surface area contributed by atoms with Gasteiger partial charge in [0.1, 0.15) is 11.6 Å². The highest BCUT2D eigenvalue weighted by Gasteiger charge is 2.23. The second-order valence-corrected chi connectivity index (χ2v) is 10.2. The number of hydrogen-bond donors (Lipinski definition) is 2. The monoisotopic (exact) mass is 479 g/mol. The Morgan fingerprint density at radius 2 is 1.53 bits per heavy atom. The van der Waals surface area contributed by atoms with E-state index in [0.717, 1.165) is 31.3 Å². The Balaban J connectivity index is 1.24. The number of nitrogens with zero attached hydrogens (tertiary/aromatic N) is 5. The van der Waals surface area contributed by atoms with E-state index in [1.807, 2.05) is 0 Å². The lowest BCUT2D eigenvalue weighted by molar-refractivity contribution is 0.481. The maximum absolute atomic E-state index is 5.61. The summed E-state index contributed by atoms with van der Waals surface area (Å²) in [6, 6.07) is 11.5. The average molecular weight is 480 g/mol. The predicted molar refractivity (Wildman–Crippen MR) is 145 cm³/mol. The highest BCUT2D eigenvalue weighted by molar-refractivity contribution is 7.80. The summed E-state index contributed by atoms with van der Waals surface area (Å²) in [5.74, 6) is 2.59. The summed E-state index contributed by atoms with van der Waals surface area (Å²) in [6.45, 7) is 8.47.